The average molecular weight is 429 g/mol. The monoisotopic (exact) mass is 429 g/mol. The summed E-state index contributed by atoms with van der Waals surface area (Å²) in [5.74, 6) is 3.42. The predicted octanol–water partition coefficient (Wildman–Crippen LogP) is 6.59. The SMILES string of the molecule is COc1ccc(/C=C/c2[o+]c3ccccc3cc2-c2ccc(OC)c(OC)c2)cc1OC. The molecule has 0 aliphatic heterocycles. The van der Waals surface area contributed by atoms with E-state index in [0.29, 0.717) is 23.0 Å². The molecule has 0 fully saturated rings. The Balaban J connectivity index is 1.83. The quantitative estimate of drug-likeness (QED) is 0.310. The van der Waals surface area contributed by atoms with Crippen LogP contribution in [0.3, 0.4) is 0 Å². The number of para-hydroxylation sites is 1. The Hall–Kier alpha value is -3.99. The third kappa shape index (κ3) is 4.23. The van der Waals surface area contributed by atoms with E-state index in [1.165, 1.54) is 0 Å². The van der Waals surface area contributed by atoms with Crippen LogP contribution in [0.25, 0.3) is 34.2 Å². The van der Waals surface area contributed by atoms with E-state index in [0.717, 1.165) is 33.4 Å². The number of hydrogen-bond donors (Lipinski definition) is 0. The summed E-state index contributed by atoms with van der Waals surface area (Å²) in [6.07, 6.45) is 3.94. The molecule has 4 rings (SSSR count). The van der Waals surface area contributed by atoms with E-state index < -0.39 is 0 Å². The molecule has 4 aromatic rings. The lowest BCUT2D eigenvalue weighted by Crippen LogP contribution is -1.92. The Kier molecular flexibility index (Phi) is 6.26. The lowest BCUT2D eigenvalue weighted by Gasteiger charge is -2.09. The van der Waals surface area contributed by atoms with Crippen molar-refractivity contribution in [2.45, 2.75) is 0 Å². The van der Waals surface area contributed by atoms with E-state index in [-0.39, 0.29) is 0 Å². The highest BCUT2D eigenvalue weighted by atomic mass is 16.5. The topological polar surface area (TPSA) is 48.2 Å². The van der Waals surface area contributed by atoms with Gasteiger partial charge in [-0.15, -0.1) is 0 Å². The minimum atomic E-state index is 0.660. The van der Waals surface area contributed by atoms with Crippen molar-refractivity contribution in [3.05, 3.63) is 78.1 Å². The molecule has 0 atom stereocenters. The maximum absolute atomic E-state index is 6.29. The Morgan fingerprint density at radius 2 is 1.28 bits per heavy atom. The van der Waals surface area contributed by atoms with E-state index >= 15 is 0 Å². The molecular formula is C27H25O5+. The summed E-state index contributed by atoms with van der Waals surface area (Å²) in [4.78, 5) is 0. The molecule has 0 amide bonds. The van der Waals surface area contributed by atoms with Gasteiger partial charge in [0.2, 0.25) is 0 Å². The number of rotatable bonds is 7. The Morgan fingerprint density at radius 1 is 0.625 bits per heavy atom. The van der Waals surface area contributed by atoms with Crippen molar-refractivity contribution in [2.24, 2.45) is 0 Å². The lowest BCUT2D eigenvalue weighted by molar-refractivity contribution is 0.355. The molecule has 1 aromatic heterocycles. The van der Waals surface area contributed by atoms with Crippen molar-refractivity contribution in [3.8, 4) is 34.1 Å². The minimum Gasteiger partial charge on any atom is -0.493 e. The highest BCUT2D eigenvalue weighted by Crippen LogP contribution is 2.36. The second-order valence-electron chi connectivity index (χ2n) is 7.08. The molecule has 0 spiro atoms. The van der Waals surface area contributed by atoms with Gasteiger partial charge in [-0.3, -0.25) is 0 Å². The smallest absolute Gasteiger partial charge is 0.361 e. The number of fused-ring (bicyclic) bond motifs is 1. The zero-order chi connectivity index (χ0) is 22.5. The van der Waals surface area contributed by atoms with Gasteiger partial charge in [0.25, 0.3) is 0 Å². The predicted molar refractivity (Wildman–Crippen MR) is 128 cm³/mol. The van der Waals surface area contributed by atoms with E-state index in [2.05, 4.69) is 6.07 Å². The largest absolute Gasteiger partial charge is 0.493 e. The highest BCUT2D eigenvalue weighted by molar-refractivity contribution is 5.87. The van der Waals surface area contributed by atoms with Crippen LogP contribution in [-0.4, -0.2) is 28.4 Å². The van der Waals surface area contributed by atoms with Crippen molar-refractivity contribution >= 4 is 23.1 Å². The maximum atomic E-state index is 6.29. The molecule has 3 aromatic carbocycles. The molecule has 0 saturated carbocycles. The standard InChI is InChI=1S/C27H25O5/c1-28-24-13-10-18(15-26(24)30-3)9-12-23-21(16-20-7-5-6-8-22(20)32-23)19-11-14-25(29-2)27(17-19)31-4/h5-17H,1-4H3/q+1/b12-9+. The van der Waals surface area contributed by atoms with Crippen molar-refractivity contribution in [3.63, 3.8) is 0 Å². The first-order valence-corrected chi connectivity index (χ1v) is 10.1. The number of hydrogen-bond acceptors (Lipinski definition) is 4. The third-order valence-corrected chi connectivity index (χ3v) is 5.23. The van der Waals surface area contributed by atoms with Crippen LogP contribution in [0.4, 0.5) is 0 Å². The average Bonchev–Trinajstić information content (AvgIpc) is 2.86. The van der Waals surface area contributed by atoms with Gasteiger partial charge in [-0.1, -0.05) is 24.3 Å². The minimum absolute atomic E-state index is 0.660. The Bertz CT molecular complexity index is 1280. The summed E-state index contributed by atoms with van der Waals surface area (Å²) in [7, 11) is 6.50. The summed E-state index contributed by atoms with van der Waals surface area (Å²) in [6.45, 7) is 0. The molecule has 0 saturated heterocycles. The molecule has 162 valence electrons. The molecule has 1 heterocycles. The molecule has 32 heavy (non-hydrogen) atoms. The van der Waals surface area contributed by atoms with Crippen LogP contribution in [0.15, 0.2) is 71.1 Å². The van der Waals surface area contributed by atoms with Crippen LogP contribution < -0.4 is 18.9 Å². The van der Waals surface area contributed by atoms with Crippen molar-refractivity contribution in [1.82, 2.24) is 0 Å². The molecule has 0 aliphatic rings. The van der Waals surface area contributed by atoms with Gasteiger partial charge in [0.05, 0.1) is 39.4 Å². The molecule has 5 heteroatoms. The lowest BCUT2D eigenvalue weighted by atomic mass is 10.0. The van der Waals surface area contributed by atoms with Crippen LogP contribution in [0.1, 0.15) is 11.3 Å². The maximum Gasteiger partial charge on any atom is 0.361 e. The van der Waals surface area contributed by atoms with Gasteiger partial charge in [0.15, 0.2) is 23.0 Å². The van der Waals surface area contributed by atoms with Gasteiger partial charge >= 0.3 is 11.3 Å². The number of benzene rings is 3. The summed E-state index contributed by atoms with van der Waals surface area (Å²) in [5.41, 5.74) is 3.68. The fourth-order valence-corrected chi connectivity index (χ4v) is 3.57. The molecular weight excluding hydrogens is 404 g/mol. The second kappa shape index (κ2) is 9.43. The van der Waals surface area contributed by atoms with Crippen LogP contribution in [0.2, 0.25) is 0 Å². The van der Waals surface area contributed by atoms with Gasteiger partial charge in [-0.2, -0.15) is 0 Å². The summed E-state index contributed by atoms with van der Waals surface area (Å²) >= 11 is 0. The first-order valence-electron chi connectivity index (χ1n) is 10.1. The van der Waals surface area contributed by atoms with E-state index in [9.17, 15) is 0 Å². The number of methoxy groups -OCH3 is 4. The van der Waals surface area contributed by atoms with Crippen LogP contribution >= 0.6 is 0 Å². The van der Waals surface area contributed by atoms with Gasteiger partial charge < -0.3 is 18.9 Å². The zero-order valence-electron chi connectivity index (χ0n) is 18.5. The van der Waals surface area contributed by atoms with Gasteiger partial charge in [0.1, 0.15) is 0 Å². The Morgan fingerprint density at radius 3 is 2.00 bits per heavy atom. The van der Waals surface area contributed by atoms with Crippen LogP contribution in [0.5, 0.6) is 23.0 Å². The first-order chi connectivity index (χ1) is 15.7. The fourth-order valence-electron chi connectivity index (χ4n) is 3.57. The second-order valence-corrected chi connectivity index (χ2v) is 7.08. The van der Waals surface area contributed by atoms with E-state index in [1.54, 1.807) is 28.4 Å². The van der Waals surface area contributed by atoms with E-state index in [1.807, 2.05) is 72.8 Å². The van der Waals surface area contributed by atoms with Crippen LogP contribution in [-0.2, 0) is 0 Å². The normalized spacial score (nSPS) is 11.0. The van der Waals surface area contributed by atoms with Crippen LogP contribution in [0, 0.1) is 0 Å². The first kappa shape index (κ1) is 21.2. The zero-order valence-corrected chi connectivity index (χ0v) is 18.5. The molecule has 5 nitrogen and oxygen atoms in total. The van der Waals surface area contributed by atoms with Gasteiger partial charge in [-0.05, 0) is 53.6 Å². The Labute approximate surface area is 187 Å². The van der Waals surface area contributed by atoms with E-state index in [4.69, 9.17) is 23.4 Å². The summed E-state index contributed by atoms with van der Waals surface area (Å²) < 4.78 is 27.9. The van der Waals surface area contributed by atoms with Crippen molar-refractivity contribution in [2.75, 3.05) is 28.4 Å². The highest BCUT2D eigenvalue weighted by Gasteiger charge is 2.20. The molecule has 0 aliphatic carbocycles. The number of ether oxygens (including phenoxy) is 4. The fraction of sp³-hybridized carbons (Fsp3) is 0.148. The molecule has 0 bridgehead atoms. The molecule has 0 N–H and O–H groups in total. The molecule has 0 unspecified atom stereocenters. The summed E-state index contributed by atoms with van der Waals surface area (Å²) in [5, 5.41) is 1.01. The van der Waals surface area contributed by atoms with Gasteiger partial charge in [-0.25, -0.2) is 4.42 Å². The summed E-state index contributed by atoms with van der Waals surface area (Å²) in [6, 6.07) is 21.7. The van der Waals surface area contributed by atoms with Crippen molar-refractivity contribution in [1.29, 1.82) is 0 Å². The van der Waals surface area contributed by atoms with Crippen molar-refractivity contribution < 1.29 is 23.4 Å². The van der Waals surface area contributed by atoms with Gasteiger partial charge in [0, 0.05) is 12.1 Å². The molecule has 0 radical (unpaired) electrons. The third-order valence-electron chi connectivity index (χ3n) is 5.23.